The number of amides is 3. The zero-order valence-electron chi connectivity index (χ0n) is 11.1. The van der Waals surface area contributed by atoms with Crippen LogP contribution in [0.25, 0.3) is 0 Å². The first kappa shape index (κ1) is 14.7. The Labute approximate surface area is 111 Å². The topological polar surface area (TPSA) is 92.5 Å². The second-order valence-electron chi connectivity index (χ2n) is 4.38. The van der Waals surface area contributed by atoms with Gasteiger partial charge in [0, 0.05) is 18.7 Å². The van der Waals surface area contributed by atoms with E-state index in [-0.39, 0.29) is 11.7 Å². The highest BCUT2D eigenvalue weighted by molar-refractivity contribution is 6.45. The molecule has 3 amide bonds. The Balaban J connectivity index is 3.05. The molecular formula is C13H17N3O3. The normalized spacial score (nSPS) is 10.1. The summed E-state index contributed by atoms with van der Waals surface area (Å²) in [5, 5.41) is 2.45. The molecule has 102 valence electrons. The van der Waals surface area contributed by atoms with Crippen LogP contribution in [0.2, 0.25) is 0 Å². The second-order valence-corrected chi connectivity index (χ2v) is 4.38. The first-order valence-corrected chi connectivity index (χ1v) is 5.84. The van der Waals surface area contributed by atoms with Crippen molar-refractivity contribution in [3.8, 4) is 0 Å². The van der Waals surface area contributed by atoms with E-state index in [0.29, 0.717) is 5.69 Å². The summed E-state index contributed by atoms with van der Waals surface area (Å²) in [7, 11) is 0. The number of imide groups is 1. The zero-order chi connectivity index (χ0) is 14.6. The van der Waals surface area contributed by atoms with Crippen molar-refractivity contribution in [3.05, 3.63) is 24.3 Å². The Kier molecular flexibility index (Phi) is 4.63. The van der Waals surface area contributed by atoms with Crippen LogP contribution in [0.15, 0.2) is 24.3 Å². The molecule has 0 unspecified atom stereocenters. The minimum atomic E-state index is -0.924. The van der Waals surface area contributed by atoms with E-state index in [2.05, 4.69) is 5.32 Å². The van der Waals surface area contributed by atoms with Gasteiger partial charge < -0.3 is 11.1 Å². The third-order valence-electron chi connectivity index (χ3n) is 2.26. The standard InChI is InChI=1S/C13H17N3O3/c1-8(2)15-12(18)13(19)16(9(3)17)11-6-4-5-10(14)7-11/h4-8H,14H2,1-3H3,(H,15,18). The van der Waals surface area contributed by atoms with Gasteiger partial charge in [-0.2, -0.15) is 0 Å². The Morgan fingerprint density at radius 2 is 1.89 bits per heavy atom. The van der Waals surface area contributed by atoms with Gasteiger partial charge in [-0.25, -0.2) is 4.90 Å². The molecule has 0 aliphatic carbocycles. The Morgan fingerprint density at radius 1 is 1.26 bits per heavy atom. The summed E-state index contributed by atoms with van der Waals surface area (Å²) >= 11 is 0. The molecule has 6 nitrogen and oxygen atoms in total. The minimum Gasteiger partial charge on any atom is -0.399 e. The smallest absolute Gasteiger partial charge is 0.323 e. The highest BCUT2D eigenvalue weighted by atomic mass is 16.2. The van der Waals surface area contributed by atoms with E-state index in [9.17, 15) is 14.4 Å². The van der Waals surface area contributed by atoms with E-state index < -0.39 is 17.7 Å². The fraction of sp³-hybridized carbons (Fsp3) is 0.308. The SMILES string of the molecule is CC(=O)N(C(=O)C(=O)NC(C)C)c1cccc(N)c1. The van der Waals surface area contributed by atoms with Crippen molar-refractivity contribution in [2.75, 3.05) is 10.6 Å². The van der Waals surface area contributed by atoms with Crippen LogP contribution in [-0.2, 0) is 14.4 Å². The van der Waals surface area contributed by atoms with Crippen molar-refractivity contribution in [2.24, 2.45) is 0 Å². The molecule has 0 radical (unpaired) electrons. The zero-order valence-corrected chi connectivity index (χ0v) is 11.1. The third-order valence-corrected chi connectivity index (χ3v) is 2.26. The second kappa shape index (κ2) is 5.99. The summed E-state index contributed by atoms with van der Waals surface area (Å²) in [6, 6.07) is 6.04. The lowest BCUT2D eigenvalue weighted by Crippen LogP contribution is -2.47. The number of anilines is 2. The molecule has 3 N–H and O–H groups in total. The average Bonchev–Trinajstić information content (AvgIpc) is 2.27. The first-order valence-electron chi connectivity index (χ1n) is 5.84. The van der Waals surface area contributed by atoms with Crippen LogP contribution in [0.1, 0.15) is 20.8 Å². The molecule has 0 saturated carbocycles. The molecule has 1 rings (SSSR count). The minimum absolute atomic E-state index is 0.189. The molecular weight excluding hydrogens is 246 g/mol. The van der Waals surface area contributed by atoms with Crippen LogP contribution < -0.4 is 16.0 Å². The number of nitrogens with one attached hydrogen (secondary N) is 1. The van der Waals surface area contributed by atoms with Crippen molar-refractivity contribution in [2.45, 2.75) is 26.8 Å². The van der Waals surface area contributed by atoms with Crippen molar-refractivity contribution < 1.29 is 14.4 Å². The number of rotatable bonds is 2. The summed E-state index contributed by atoms with van der Waals surface area (Å²) in [5.41, 5.74) is 6.28. The summed E-state index contributed by atoms with van der Waals surface area (Å²) in [4.78, 5) is 36.0. The molecule has 6 heteroatoms. The number of carbonyl (C=O) groups excluding carboxylic acids is 3. The monoisotopic (exact) mass is 263 g/mol. The number of benzene rings is 1. The lowest BCUT2D eigenvalue weighted by Gasteiger charge is -2.19. The fourth-order valence-electron chi connectivity index (χ4n) is 1.53. The number of nitrogens with two attached hydrogens (primary N) is 1. The predicted octanol–water partition coefficient (Wildman–Crippen LogP) is 0.673. The largest absolute Gasteiger partial charge is 0.399 e. The van der Waals surface area contributed by atoms with Crippen LogP contribution in [0.3, 0.4) is 0 Å². The van der Waals surface area contributed by atoms with Gasteiger partial charge in [-0.3, -0.25) is 14.4 Å². The Bertz CT molecular complexity index is 512. The quantitative estimate of drug-likeness (QED) is 0.606. The summed E-state index contributed by atoms with van der Waals surface area (Å²) < 4.78 is 0. The van der Waals surface area contributed by atoms with Gasteiger partial charge in [0.1, 0.15) is 0 Å². The van der Waals surface area contributed by atoms with Crippen molar-refractivity contribution in [1.29, 1.82) is 0 Å². The molecule has 1 aromatic rings. The van der Waals surface area contributed by atoms with Crippen molar-refractivity contribution >= 4 is 29.1 Å². The van der Waals surface area contributed by atoms with Crippen LogP contribution in [0, 0.1) is 0 Å². The van der Waals surface area contributed by atoms with E-state index in [4.69, 9.17) is 5.73 Å². The Morgan fingerprint density at radius 3 is 2.37 bits per heavy atom. The van der Waals surface area contributed by atoms with E-state index >= 15 is 0 Å². The van der Waals surface area contributed by atoms with Crippen LogP contribution in [-0.4, -0.2) is 23.8 Å². The molecule has 0 spiro atoms. The predicted molar refractivity (Wildman–Crippen MR) is 72.3 cm³/mol. The lowest BCUT2D eigenvalue weighted by molar-refractivity contribution is -0.139. The molecule has 1 aromatic carbocycles. The molecule has 0 aliphatic rings. The summed E-state index contributed by atoms with van der Waals surface area (Å²) in [5.74, 6) is -2.30. The van der Waals surface area contributed by atoms with Gasteiger partial charge in [-0.05, 0) is 32.0 Å². The molecule has 0 heterocycles. The lowest BCUT2D eigenvalue weighted by atomic mass is 10.2. The maximum Gasteiger partial charge on any atom is 0.323 e. The molecule has 0 atom stereocenters. The van der Waals surface area contributed by atoms with E-state index in [1.165, 1.54) is 19.1 Å². The van der Waals surface area contributed by atoms with Crippen LogP contribution >= 0.6 is 0 Å². The number of nitrogen functional groups attached to an aromatic ring is 1. The fourth-order valence-corrected chi connectivity index (χ4v) is 1.53. The maximum absolute atomic E-state index is 12.0. The highest BCUT2D eigenvalue weighted by Gasteiger charge is 2.27. The van der Waals surface area contributed by atoms with Gasteiger partial charge >= 0.3 is 11.8 Å². The van der Waals surface area contributed by atoms with Gasteiger partial charge in [0.05, 0.1) is 5.69 Å². The van der Waals surface area contributed by atoms with Crippen LogP contribution in [0.5, 0.6) is 0 Å². The number of carbonyl (C=O) groups is 3. The van der Waals surface area contributed by atoms with E-state index in [1.54, 1.807) is 26.0 Å². The van der Waals surface area contributed by atoms with Gasteiger partial charge in [-0.1, -0.05) is 6.07 Å². The van der Waals surface area contributed by atoms with Gasteiger partial charge in [0.15, 0.2) is 0 Å². The molecule has 0 saturated heterocycles. The molecule has 0 bridgehead atoms. The molecule has 0 aliphatic heterocycles. The number of hydrogen-bond donors (Lipinski definition) is 2. The maximum atomic E-state index is 12.0. The number of hydrogen-bond acceptors (Lipinski definition) is 4. The number of nitrogens with zero attached hydrogens (tertiary/aromatic N) is 1. The van der Waals surface area contributed by atoms with Crippen molar-refractivity contribution in [1.82, 2.24) is 5.32 Å². The van der Waals surface area contributed by atoms with Gasteiger partial charge in [0.2, 0.25) is 5.91 Å². The Hall–Kier alpha value is -2.37. The molecule has 0 aromatic heterocycles. The highest BCUT2D eigenvalue weighted by Crippen LogP contribution is 2.18. The van der Waals surface area contributed by atoms with E-state index in [0.717, 1.165) is 4.90 Å². The molecule has 19 heavy (non-hydrogen) atoms. The first-order chi connectivity index (χ1) is 8.82. The average molecular weight is 263 g/mol. The summed E-state index contributed by atoms with van der Waals surface area (Å²) in [6.07, 6.45) is 0. The van der Waals surface area contributed by atoms with Crippen molar-refractivity contribution in [3.63, 3.8) is 0 Å². The van der Waals surface area contributed by atoms with Gasteiger partial charge in [0.25, 0.3) is 0 Å². The summed E-state index contributed by atoms with van der Waals surface area (Å²) in [6.45, 7) is 4.66. The van der Waals surface area contributed by atoms with Gasteiger partial charge in [-0.15, -0.1) is 0 Å². The molecule has 0 fully saturated rings. The van der Waals surface area contributed by atoms with Crippen LogP contribution in [0.4, 0.5) is 11.4 Å². The third kappa shape index (κ3) is 3.80. The van der Waals surface area contributed by atoms with E-state index in [1.807, 2.05) is 0 Å².